The van der Waals surface area contributed by atoms with E-state index in [0.29, 0.717) is 0 Å². The van der Waals surface area contributed by atoms with Gasteiger partial charge in [-0.25, -0.2) is 0 Å². The van der Waals surface area contributed by atoms with Crippen LogP contribution in [0, 0.1) is 0 Å². The van der Waals surface area contributed by atoms with E-state index in [4.69, 9.17) is 9.90 Å². The topological polar surface area (TPSA) is 63.6 Å². The summed E-state index contributed by atoms with van der Waals surface area (Å²) in [5, 5.41) is 7.42. The fourth-order valence-corrected chi connectivity index (χ4v) is 0.588. The van der Waals surface area contributed by atoms with Crippen molar-refractivity contribution in [2.75, 3.05) is 13.7 Å². The maximum atomic E-state index is 9.92. The summed E-state index contributed by atoms with van der Waals surface area (Å²) in [6, 6.07) is 12.0. The molecule has 0 aromatic heterocycles. The highest BCUT2D eigenvalue weighted by Gasteiger charge is 1.83. The van der Waals surface area contributed by atoms with E-state index in [9.17, 15) is 4.79 Å². The van der Waals surface area contributed by atoms with Crippen molar-refractivity contribution in [1.29, 1.82) is 0 Å². The second-order valence-corrected chi connectivity index (χ2v) is 2.81. The molecule has 4 nitrogen and oxygen atoms in total. The molecule has 4 heteroatoms. The minimum Gasteiger partial charge on any atom is -0.481 e. The van der Waals surface area contributed by atoms with E-state index in [1.54, 1.807) is 0 Å². The lowest BCUT2D eigenvalue weighted by molar-refractivity contribution is -0.134. The van der Waals surface area contributed by atoms with Gasteiger partial charge in [-0.1, -0.05) is 36.4 Å². The summed E-state index contributed by atoms with van der Waals surface area (Å²) in [6.07, 6.45) is 0. The van der Waals surface area contributed by atoms with Crippen LogP contribution in [0.2, 0.25) is 0 Å². The Labute approximate surface area is 95.9 Å². The van der Waals surface area contributed by atoms with Crippen LogP contribution in [0.3, 0.4) is 0 Å². The van der Waals surface area contributed by atoms with E-state index < -0.39 is 5.97 Å². The maximum absolute atomic E-state index is 9.92. The number of carbonyl (C=O) groups excluding carboxylic acids is 1. The van der Waals surface area contributed by atoms with Gasteiger partial charge in [0, 0.05) is 14.0 Å². The molecule has 90 valence electrons. The van der Waals surface area contributed by atoms with Crippen LogP contribution in [0.4, 0.5) is 0 Å². The van der Waals surface area contributed by atoms with E-state index in [0.717, 1.165) is 6.92 Å². The molecule has 0 unspecified atom stereocenters. The molecule has 0 amide bonds. The predicted octanol–water partition coefficient (Wildman–Crippen LogP) is 2.00. The number of hydrogen-bond donors (Lipinski definition) is 1. The van der Waals surface area contributed by atoms with Gasteiger partial charge in [-0.3, -0.25) is 9.59 Å². The molecule has 0 spiro atoms. The molecule has 1 aromatic carbocycles. The summed E-state index contributed by atoms with van der Waals surface area (Å²) in [4.78, 5) is 18.9. The zero-order valence-corrected chi connectivity index (χ0v) is 9.84. The number of rotatable bonds is 2. The summed E-state index contributed by atoms with van der Waals surface area (Å²) < 4.78 is 4.45. The summed E-state index contributed by atoms with van der Waals surface area (Å²) in [7, 11) is 1.50. The van der Waals surface area contributed by atoms with Crippen molar-refractivity contribution in [3.05, 3.63) is 36.4 Å². The van der Waals surface area contributed by atoms with Gasteiger partial charge in [0.25, 0.3) is 5.97 Å². The monoisotopic (exact) mass is 226 g/mol. The number of hydrogen-bond acceptors (Lipinski definition) is 3. The van der Waals surface area contributed by atoms with Gasteiger partial charge in [0.2, 0.25) is 0 Å². The Kier molecular flexibility index (Phi) is 13.9. The van der Waals surface area contributed by atoms with Crippen molar-refractivity contribution >= 4 is 11.8 Å². The van der Waals surface area contributed by atoms with Crippen LogP contribution >= 0.6 is 0 Å². The Morgan fingerprint density at radius 3 is 1.31 bits per heavy atom. The number of carbonyl (C=O) groups is 2. The molecule has 0 bridgehead atoms. The first-order chi connectivity index (χ1) is 7.50. The molecule has 1 rings (SSSR count). The number of aliphatic carboxylic acids is 1. The number of ether oxygens (including phenoxy) is 1. The van der Waals surface area contributed by atoms with Gasteiger partial charge >= 0.3 is 0 Å². The number of carboxylic acid groups (broad SMARTS) is 1. The Hall–Kier alpha value is -1.68. The molecule has 1 aromatic rings. The van der Waals surface area contributed by atoms with Gasteiger partial charge in [0.15, 0.2) is 5.78 Å². The van der Waals surface area contributed by atoms with Crippen molar-refractivity contribution in [2.24, 2.45) is 0 Å². The molecule has 0 radical (unpaired) electrons. The average Bonchev–Trinajstić information content (AvgIpc) is 2.20. The van der Waals surface area contributed by atoms with Crippen molar-refractivity contribution in [3.8, 4) is 0 Å². The SMILES string of the molecule is CC(=O)O.COCC(C)=O.c1ccccc1. The van der Waals surface area contributed by atoms with Crippen molar-refractivity contribution < 1.29 is 19.4 Å². The zero-order valence-electron chi connectivity index (χ0n) is 9.84. The second-order valence-electron chi connectivity index (χ2n) is 2.81. The largest absolute Gasteiger partial charge is 0.481 e. The van der Waals surface area contributed by atoms with Gasteiger partial charge in [-0.05, 0) is 6.92 Å². The predicted molar refractivity (Wildman–Crippen MR) is 62.3 cm³/mol. The molecule has 0 aliphatic carbocycles. The lowest BCUT2D eigenvalue weighted by Crippen LogP contribution is -1.98. The Bertz CT molecular complexity index is 239. The first-order valence-corrected chi connectivity index (χ1v) is 4.68. The summed E-state index contributed by atoms with van der Waals surface area (Å²) in [5.41, 5.74) is 0. The smallest absolute Gasteiger partial charge is 0.300 e. The lowest BCUT2D eigenvalue weighted by atomic mass is 10.4. The molecule has 0 saturated carbocycles. The van der Waals surface area contributed by atoms with Crippen molar-refractivity contribution in [2.45, 2.75) is 13.8 Å². The third kappa shape index (κ3) is 29.5. The third-order valence-electron chi connectivity index (χ3n) is 1.01. The van der Waals surface area contributed by atoms with Gasteiger partial charge in [-0.2, -0.15) is 0 Å². The molecular weight excluding hydrogens is 208 g/mol. The summed E-state index contributed by atoms with van der Waals surface area (Å²) in [5.74, 6) is -0.766. The minimum absolute atomic E-state index is 0.0671. The van der Waals surface area contributed by atoms with Crippen LogP contribution in [0.5, 0.6) is 0 Å². The molecule has 0 heterocycles. The molecule has 0 saturated heterocycles. The van der Waals surface area contributed by atoms with Crippen LogP contribution in [-0.4, -0.2) is 30.6 Å². The van der Waals surface area contributed by atoms with Crippen molar-refractivity contribution in [1.82, 2.24) is 0 Å². The molecule has 0 atom stereocenters. The van der Waals surface area contributed by atoms with Crippen LogP contribution < -0.4 is 0 Å². The summed E-state index contributed by atoms with van der Waals surface area (Å²) in [6.45, 7) is 2.81. The Morgan fingerprint density at radius 2 is 1.25 bits per heavy atom. The molecule has 16 heavy (non-hydrogen) atoms. The number of Topliss-reactive ketones (excluding diaryl/α,β-unsaturated/α-hetero) is 1. The molecule has 0 aliphatic heterocycles. The average molecular weight is 226 g/mol. The fraction of sp³-hybridized carbons (Fsp3) is 0.333. The van der Waals surface area contributed by atoms with Gasteiger partial charge in [-0.15, -0.1) is 0 Å². The van der Waals surface area contributed by atoms with E-state index in [1.165, 1.54) is 14.0 Å². The standard InChI is InChI=1S/C6H6.C4H8O2.C2H4O2/c1-2-4-6-5-3-1;1-4(5)3-6-2;1-2(3)4/h1-6H;3H2,1-2H3;1H3,(H,3,4). The number of benzene rings is 1. The normalized spacial score (nSPS) is 7.69. The quantitative estimate of drug-likeness (QED) is 0.837. The van der Waals surface area contributed by atoms with E-state index in [2.05, 4.69) is 4.74 Å². The van der Waals surface area contributed by atoms with Crippen molar-refractivity contribution in [3.63, 3.8) is 0 Å². The number of ketones is 1. The van der Waals surface area contributed by atoms with E-state index >= 15 is 0 Å². The highest BCUT2D eigenvalue weighted by Crippen LogP contribution is 1.79. The third-order valence-corrected chi connectivity index (χ3v) is 1.01. The van der Waals surface area contributed by atoms with E-state index in [1.807, 2.05) is 36.4 Å². The minimum atomic E-state index is -0.833. The zero-order chi connectivity index (χ0) is 12.8. The first kappa shape index (κ1) is 16.7. The fourth-order valence-electron chi connectivity index (χ4n) is 0.588. The first-order valence-electron chi connectivity index (χ1n) is 4.68. The highest BCUT2D eigenvalue weighted by molar-refractivity contribution is 5.76. The van der Waals surface area contributed by atoms with Crippen LogP contribution in [0.15, 0.2) is 36.4 Å². The molecular formula is C12H18O4. The van der Waals surface area contributed by atoms with Gasteiger partial charge in [0.1, 0.15) is 6.61 Å². The molecule has 0 fully saturated rings. The maximum Gasteiger partial charge on any atom is 0.300 e. The lowest BCUT2D eigenvalue weighted by Gasteiger charge is -1.84. The Balaban J connectivity index is 0. The number of methoxy groups -OCH3 is 1. The Morgan fingerprint density at radius 1 is 1.00 bits per heavy atom. The number of carboxylic acids is 1. The van der Waals surface area contributed by atoms with Crippen LogP contribution in [0.25, 0.3) is 0 Å². The van der Waals surface area contributed by atoms with E-state index in [-0.39, 0.29) is 12.4 Å². The second kappa shape index (κ2) is 13.3. The molecule has 0 aliphatic rings. The van der Waals surface area contributed by atoms with Gasteiger partial charge in [0.05, 0.1) is 0 Å². The highest BCUT2D eigenvalue weighted by atomic mass is 16.5. The van der Waals surface area contributed by atoms with Crippen LogP contribution in [-0.2, 0) is 14.3 Å². The molecule has 1 N–H and O–H groups in total. The van der Waals surface area contributed by atoms with Crippen LogP contribution in [0.1, 0.15) is 13.8 Å². The van der Waals surface area contributed by atoms with Gasteiger partial charge < -0.3 is 9.84 Å². The summed E-state index contributed by atoms with van der Waals surface area (Å²) >= 11 is 0.